The fraction of sp³-hybridized carbons (Fsp3) is 0.517. The normalized spacial score (nSPS) is 18.0. The maximum Gasteiger partial charge on any atom is 0.163 e. The Morgan fingerprint density at radius 1 is 0.909 bits per heavy atom. The van der Waals surface area contributed by atoms with Gasteiger partial charge in [0, 0.05) is 37.3 Å². The zero-order valence-corrected chi connectivity index (χ0v) is 19.9. The Morgan fingerprint density at radius 3 is 2.33 bits per heavy atom. The van der Waals surface area contributed by atoms with Crippen molar-refractivity contribution in [3.8, 4) is 0 Å². The van der Waals surface area contributed by atoms with Gasteiger partial charge in [0.05, 0.1) is 6.10 Å². The van der Waals surface area contributed by atoms with Crippen molar-refractivity contribution in [2.45, 2.75) is 70.8 Å². The van der Waals surface area contributed by atoms with E-state index >= 15 is 0 Å². The first-order valence-electron chi connectivity index (χ1n) is 12.6. The molecule has 33 heavy (non-hydrogen) atoms. The number of Topliss-reactive ketones (excluding diaryl/α,β-unsaturated/α-hetero) is 2. The van der Waals surface area contributed by atoms with E-state index in [1.165, 1.54) is 36.8 Å². The van der Waals surface area contributed by atoms with Crippen molar-refractivity contribution in [1.29, 1.82) is 0 Å². The highest BCUT2D eigenvalue weighted by molar-refractivity contribution is 5.98. The Hall–Kier alpha value is -2.30. The lowest BCUT2D eigenvalue weighted by atomic mass is 9.85. The van der Waals surface area contributed by atoms with E-state index in [2.05, 4.69) is 23.1 Å². The Bertz CT molecular complexity index is 959. The molecular weight excluding hydrogens is 410 g/mol. The molecule has 1 aliphatic heterocycles. The number of aliphatic hydroxyl groups is 1. The van der Waals surface area contributed by atoms with E-state index in [0.717, 1.165) is 43.6 Å². The first-order valence-corrected chi connectivity index (χ1v) is 12.6. The van der Waals surface area contributed by atoms with Crippen molar-refractivity contribution in [1.82, 2.24) is 4.90 Å². The summed E-state index contributed by atoms with van der Waals surface area (Å²) in [5.41, 5.74) is 5.47. The summed E-state index contributed by atoms with van der Waals surface area (Å²) < 4.78 is 0. The molecule has 1 N–H and O–H groups in total. The highest BCUT2D eigenvalue weighted by Crippen LogP contribution is 2.31. The van der Waals surface area contributed by atoms with Gasteiger partial charge in [-0.25, -0.2) is 0 Å². The Balaban J connectivity index is 1.40. The molecule has 1 saturated heterocycles. The molecule has 2 aromatic rings. The standard InChI is InChI=1S/C29H37NO3/c1-21-8-10-23(11-9-21)28(32)15-14-27(31)19-26(20-30-16-4-5-17-30)29(33)25-13-12-22-6-2-3-7-24(22)18-25/h8-13,18,26,29,33H,2-7,14-17,19-20H2,1H3/t26-,29-/m1/s1. The summed E-state index contributed by atoms with van der Waals surface area (Å²) in [6.07, 6.45) is 7.13. The Morgan fingerprint density at radius 2 is 1.61 bits per heavy atom. The number of carbonyl (C=O) groups excluding carboxylic acids is 2. The van der Waals surface area contributed by atoms with E-state index in [0.29, 0.717) is 12.0 Å². The molecule has 2 aromatic carbocycles. The number of likely N-dealkylation sites (tertiary alicyclic amines) is 1. The summed E-state index contributed by atoms with van der Waals surface area (Å²) in [4.78, 5) is 27.8. The van der Waals surface area contributed by atoms with Crippen LogP contribution in [0.15, 0.2) is 42.5 Å². The molecule has 4 rings (SSSR count). The van der Waals surface area contributed by atoms with Crippen molar-refractivity contribution in [3.63, 3.8) is 0 Å². The highest BCUT2D eigenvalue weighted by Gasteiger charge is 2.28. The van der Waals surface area contributed by atoms with Crippen LogP contribution in [0.1, 0.15) is 83.7 Å². The molecule has 2 atom stereocenters. The van der Waals surface area contributed by atoms with Crippen molar-refractivity contribution < 1.29 is 14.7 Å². The summed E-state index contributed by atoms with van der Waals surface area (Å²) >= 11 is 0. The average molecular weight is 448 g/mol. The minimum Gasteiger partial charge on any atom is -0.388 e. The maximum absolute atomic E-state index is 12.9. The predicted molar refractivity (Wildman–Crippen MR) is 132 cm³/mol. The molecule has 0 aromatic heterocycles. The van der Waals surface area contributed by atoms with Gasteiger partial charge >= 0.3 is 0 Å². The number of hydrogen-bond acceptors (Lipinski definition) is 4. The van der Waals surface area contributed by atoms with E-state index < -0.39 is 6.10 Å². The number of aliphatic hydroxyl groups excluding tert-OH is 1. The third-order valence-corrected chi connectivity index (χ3v) is 7.35. The SMILES string of the molecule is Cc1ccc(C(=O)CCC(=O)C[C@H](CN2CCCC2)[C@H](O)c2ccc3c(c2)CCCC3)cc1. The number of fused-ring (bicyclic) bond motifs is 1. The van der Waals surface area contributed by atoms with Crippen LogP contribution < -0.4 is 0 Å². The molecule has 0 amide bonds. The second-order valence-electron chi connectivity index (χ2n) is 9.98. The van der Waals surface area contributed by atoms with Crippen LogP contribution in [0.25, 0.3) is 0 Å². The van der Waals surface area contributed by atoms with Gasteiger partial charge in [-0.15, -0.1) is 0 Å². The molecule has 0 radical (unpaired) electrons. The van der Waals surface area contributed by atoms with Crippen LogP contribution in [0, 0.1) is 12.8 Å². The van der Waals surface area contributed by atoms with Gasteiger partial charge in [0.2, 0.25) is 0 Å². The number of aryl methyl sites for hydroxylation is 3. The number of nitrogens with zero attached hydrogens (tertiary/aromatic N) is 1. The monoisotopic (exact) mass is 447 g/mol. The van der Waals surface area contributed by atoms with Crippen molar-refractivity contribution in [3.05, 3.63) is 70.3 Å². The largest absolute Gasteiger partial charge is 0.388 e. The highest BCUT2D eigenvalue weighted by atomic mass is 16.3. The number of hydrogen-bond donors (Lipinski definition) is 1. The van der Waals surface area contributed by atoms with Gasteiger partial charge in [0.25, 0.3) is 0 Å². The molecule has 0 saturated carbocycles. The molecule has 1 heterocycles. The van der Waals surface area contributed by atoms with Crippen LogP contribution in [0.5, 0.6) is 0 Å². The molecule has 4 nitrogen and oxygen atoms in total. The molecule has 0 bridgehead atoms. The van der Waals surface area contributed by atoms with Crippen molar-refractivity contribution >= 4 is 11.6 Å². The zero-order chi connectivity index (χ0) is 23.2. The summed E-state index contributed by atoms with van der Waals surface area (Å²) in [6.45, 7) is 4.79. The maximum atomic E-state index is 12.9. The number of benzene rings is 2. The molecular formula is C29H37NO3. The first-order chi connectivity index (χ1) is 16.0. The molecule has 4 heteroatoms. The van der Waals surface area contributed by atoms with Crippen LogP contribution in [0.4, 0.5) is 0 Å². The third kappa shape index (κ3) is 6.39. The Kier molecular flexibility index (Phi) is 8.11. The fourth-order valence-electron chi connectivity index (χ4n) is 5.31. The molecule has 0 spiro atoms. The van der Waals surface area contributed by atoms with Gasteiger partial charge < -0.3 is 10.0 Å². The predicted octanol–water partition coefficient (Wildman–Crippen LogP) is 5.24. The molecule has 1 aliphatic carbocycles. The number of rotatable bonds is 10. The number of ketones is 2. The summed E-state index contributed by atoms with van der Waals surface area (Å²) in [7, 11) is 0. The fourth-order valence-corrected chi connectivity index (χ4v) is 5.31. The summed E-state index contributed by atoms with van der Waals surface area (Å²) in [5.74, 6) is -0.0712. The van der Waals surface area contributed by atoms with E-state index in [9.17, 15) is 14.7 Å². The van der Waals surface area contributed by atoms with Gasteiger partial charge in [0.15, 0.2) is 5.78 Å². The second-order valence-corrected chi connectivity index (χ2v) is 9.98. The van der Waals surface area contributed by atoms with Gasteiger partial charge in [-0.05, 0) is 75.2 Å². The van der Waals surface area contributed by atoms with E-state index in [1.54, 1.807) is 0 Å². The minimum atomic E-state index is -0.658. The first kappa shape index (κ1) is 23.8. The lowest BCUT2D eigenvalue weighted by Crippen LogP contribution is -2.32. The minimum absolute atomic E-state index is 0.00896. The van der Waals surface area contributed by atoms with E-state index in [-0.39, 0.29) is 30.3 Å². The summed E-state index contributed by atoms with van der Waals surface area (Å²) in [5, 5.41) is 11.3. The molecule has 0 unspecified atom stereocenters. The van der Waals surface area contributed by atoms with Crippen LogP contribution in [0.2, 0.25) is 0 Å². The topological polar surface area (TPSA) is 57.6 Å². The Labute approximate surface area is 198 Å². The van der Waals surface area contributed by atoms with Crippen LogP contribution in [0.3, 0.4) is 0 Å². The third-order valence-electron chi connectivity index (χ3n) is 7.35. The van der Waals surface area contributed by atoms with Crippen LogP contribution in [-0.2, 0) is 17.6 Å². The van der Waals surface area contributed by atoms with Gasteiger partial charge in [-0.2, -0.15) is 0 Å². The van der Waals surface area contributed by atoms with Gasteiger partial charge in [-0.1, -0.05) is 48.0 Å². The van der Waals surface area contributed by atoms with Crippen LogP contribution >= 0.6 is 0 Å². The van der Waals surface area contributed by atoms with Gasteiger partial charge in [0.1, 0.15) is 5.78 Å². The lowest BCUT2D eigenvalue weighted by molar-refractivity contribution is -0.121. The van der Waals surface area contributed by atoms with E-state index in [4.69, 9.17) is 0 Å². The zero-order valence-electron chi connectivity index (χ0n) is 19.9. The number of carbonyl (C=O) groups is 2. The molecule has 2 aliphatic rings. The average Bonchev–Trinajstić information content (AvgIpc) is 3.35. The smallest absolute Gasteiger partial charge is 0.163 e. The molecule has 1 fully saturated rings. The van der Waals surface area contributed by atoms with Crippen LogP contribution in [-0.4, -0.2) is 41.2 Å². The van der Waals surface area contributed by atoms with Crippen molar-refractivity contribution in [2.75, 3.05) is 19.6 Å². The second kappa shape index (κ2) is 11.2. The lowest BCUT2D eigenvalue weighted by Gasteiger charge is -2.28. The quantitative estimate of drug-likeness (QED) is 0.506. The van der Waals surface area contributed by atoms with Crippen molar-refractivity contribution in [2.24, 2.45) is 5.92 Å². The van der Waals surface area contributed by atoms with Gasteiger partial charge in [-0.3, -0.25) is 9.59 Å². The van der Waals surface area contributed by atoms with E-state index in [1.807, 2.05) is 31.2 Å². The summed E-state index contributed by atoms with van der Waals surface area (Å²) in [6, 6.07) is 13.9. The molecule has 176 valence electrons.